The molecule has 118 valence electrons. The summed E-state index contributed by atoms with van der Waals surface area (Å²) in [6.07, 6.45) is 6.39. The number of amides is 1. The van der Waals surface area contributed by atoms with Crippen LogP contribution in [0.25, 0.3) is 0 Å². The first-order valence-electron chi connectivity index (χ1n) is 8.35. The van der Waals surface area contributed by atoms with Crippen molar-refractivity contribution in [1.29, 1.82) is 0 Å². The summed E-state index contributed by atoms with van der Waals surface area (Å²) in [6.45, 7) is 3.87. The van der Waals surface area contributed by atoms with Gasteiger partial charge in [-0.2, -0.15) is 0 Å². The highest BCUT2D eigenvalue weighted by Crippen LogP contribution is 2.46. The van der Waals surface area contributed by atoms with Crippen LogP contribution in [-0.4, -0.2) is 47.1 Å². The summed E-state index contributed by atoms with van der Waals surface area (Å²) in [7, 11) is 0. The molecule has 3 fully saturated rings. The van der Waals surface area contributed by atoms with Crippen LogP contribution in [0, 0.1) is 11.3 Å². The van der Waals surface area contributed by atoms with Gasteiger partial charge >= 0.3 is 5.97 Å². The maximum atomic E-state index is 13.2. The van der Waals surface area contributed by atoms with E-state index in [1.165, 1.54) is 0 Å². The molecule has 5 heteroatoms. The van der Waals surface area contributed by atoms with Crippen LogP contribution < -0.4 is 5.32 Å². The zero-order valence-electron chi connectivity index (χ0n) is 12.8. The fourth-order valence-corrected chi connectivity index (χ4v) is 4.79. The van der Waals surface area contributed by atoms with Crippen LogP contribution in [0.3, 0.4) is 0 Å². The molecule has 0 aromatic carbocycles. The van der Waals surface area contributed by atoms with Crippen LogP contribution in [0.5, 0.6) is 0 Å². The average Bonchev–Trinajstić information content (AvgIpc) is 3.05. The molecule has 3 saturated heterocycles. The number of aliphatic carboxylic acids is 1. The van der Waals surface area contributed by atoms with E-state index < -0.39 is 5.97 Å². The molecule has 5 nitrogen and oxygen atoms in total. The summed E-state index contributed by atoms with van der Waals surface area (Å²) in [5.41, 5.74) is -0.290. The predicted molar refractivity (Wildman–Crippen MR) is 78.8 cm³/mol. The summed E-state index contributed by atoms with van der Waals surface area (Å²) >= 11 is 0. The van der Waals surface area contributed by atoms with Crippen LogP contribution >= 0.6 is 0 Å². The predicted octanol–water partition coefficient (Wildman–Crippen LogP) is 1.62. The zero-order chi connectivity index (χ0) is 15.0. The van der Waals surface area contributed by atoms with Crippen LogP contribution in [0.2, 0.25) is 0 Å². The number of hydrogen-bond donors (Lipinski definition) is 2. The van der Waals surface area contributed by atoms with E-state index in [0.717, 1.165) is 51.6 Å². The fourth-order valence-electron chi connectivity index (χ4n) is 4.79. The molecule has 2 bridgehead atoms. The zero-order valence-corrected chi connectivity index (χ0v) is 12.8. The number of carboxylic acids is 1. The molecule has 3 aliphatic rings. The maximum absolute atomic E-state index is 13.2. The third kappa shape index (κ3) is 2.35. The molecule has 0 aromatic rings. The van der Waals surface area contributed by atoms with Crippen molar-refractivity contribution in [2.24, 2.45) is 11.3 Å². The Hall–Kier alpha value is -1.10. The number of carboxylic acid groups (broad SMARTS) is 1. The molecule has 0 spiro atoms. The van der Waals surface area contributed by atoms with Gasteiger partial charge in [-0.05, 0) is 45.1 Å². The molecule has 0 radical (unpaired) electrons. The van der Waals surface area contributed by atoms with Gasteiger partial charge in [0.25, 0.3) is 0 Å². The van der Waals surface area contributed by atoms with Crippen molar-refractivity contribution in [3.8, 4) is 0 Å². The number of carbonyl (C=O) groups excluding carboxylic acids is 1. The lowest BCUT2D eigenvalue weighted by molar-refractivity contribution is -0.147. The average molecular weight is 294 g/mol. The van der Waals surface area contributed by atoms with E-state index in [9.17, 15) is 14.7 Å². The van der Waals surface area contributed by atoms with Crippen molar-refractivity contribution in [2.45, 2.75) is 64.0 Å². The molecule has 2 N–H and O–H groups in total. The summed E-state index contributed by atoms with van der Waals surface area (Å²) in [5.74, 6) is -0.845. The van der Waals surface area contributed by atoms with Crippen molar-refractivity contribution >= 4 is 11.9 Å². The summed E-state index contributed by atoms with van der Waals surface area (Å²) < 4.78 is 0. The third-order valence-corrected chi connectivity index (χ3v) is 5.74. The van der Waals surface area contributed by atoms with Crippen molar-refractivity contribution < 1.29 is 14.7 Å². The van der Waals surface area contributed by atoms with E-state index in [2.05, 4.69) is 12.2 Å². The van der Waals surface area contributed by atoms with E-state index in [0.29, 0.717) is 6.42 Å². The van der Waals surface area contributed by atoms with E-state index in [1.807, 2.05) is 4.90 Å². The number of nitrogens with one attached hydrogen (secondary N) is 1. The highest BCUT2D eigenvalue weighted by molar-refractivity contribution is 5.86. The molecule has 3 rings (SSSR count). The van der Waals surface area contributed by atoms with Gasteiger partial charge in [-0.3, -0.25) is 9.59 Å². The lowest BCUT2D eigenvalue weighted by atomic mass is 9.75. The Morgan fingerprint density at radius 1 is 1.38 bits per heavy atom. The van der Waals surface area contributed by atoms with Gasteiger partial charge in [0.05, 0.1) is 11.3 Å². The minimum absolute atomic E-state index is 0.0596. The Kier molecular flexibility index (Phi) is 3.95. The quantitative estimate of drug-likeness (QED) is 0.826. The molecular formula is C16H26N2O3. The van der Waals surface area contributed by atoms with Gasteiger partial charge in [0.1, 0.15) is 0 Å². The Morgan fingerprint density at radius 2 is 2.19 bits per heavy atom. The Labute approximate surface area is 126 Å². The molecule has 3 aliphatic heterocycles. The van der Waals surface area contributed by atoms with Gasteiger partial charge in [-0.25, -0.2) is 0 Å². The van der Waals surface area contributed by atoms with Crippen molar-refractivity contribution in [3.63, 3.8) is 0 Å². The molecule has 21 heavy (non-hydrogen) atoms. The summed E-state index contributed by atoms with van der Waals surface area (Å²) in [5, 5.41) is 12.7. The second-order valence-electron chi connectivity index (χ2n) is 7.00. The first kappa shape index (κ1) is 14.8. The number of hydrogen-bond acceptors (Lipinski definition) is 3. The van der Waals surface area contributed by atoms with Crippen molar-refractivity contribution in [1.82, 2.24) is 10.2 Å². The van der Waals surface area contributed by atoms with Gasteiger partial charge in [-0.15, -0.1) is 0 Å². The van der Waals surface area contributed by atoms with Gasteiger partial charge < -0.3 is 15.3 Å². The standard InChI is InChI=1S/C16H26N2O3/c1-2-6-16(7-3-8-17-10-16)15(21)18-11-4-5-13(18)12(9-11)14(19)20/h11-13,17H,2-10H2,1H3,(H,19,20). The number of fused-ring (bicyclic) bond motifs is 2. The highest BCUT2D eigenvalue weighted by Gasteiger charge is 2.55. The van der Waals surface area contributed by atoms with E-state index in [4.69, 9.17) is 0 Å². The molecule has 3 heterocycles. The summed E-state index contributed by atoms with van der Waals surface area (Å²) in [6, 6.07) is 0.106. The molecule has 1 amide bonds. The van der Waals surface area contributed by atoms with E-state index >= 15 is 0 Å². The SMILES string of the molecule is CCCC1(C(=O)N2C3CCC2C(C(=O)O)C3)CCCNC1. The number of rotatable bonds is 4. The minimum Gasteiger partial charge on any atom is -0.481 e. The van der Waals surface area contributed by atoms with Gasteiger partial charge in [-0.1, -0.05) is 13.3 Å². The Balaban J connectivity index is 1.82. The largest absolute Gasteiger partial charge is 0.481 e. The highest BCUT2D eigenvalue weighted by atomic mass is 16.4. The lowest BCUT2D eigenvalue weighted by Crippen LogP contribution is -2.53. The minimum atomic E-state index is -0.730. The smallest absolute Gasteiger partial charge is 0.308 e. The van der Waals surface area contributed by atoms with Crippen LogP contribution in [-0.2, 0) is 9.59 Å². The van der Waals surface area contributed by atoms with Crippen LogP contribution in [0.1, 0.15) is 51.9 Å². The monoisotopic (exact) mass is 294 g/mol. The first-order valence-corrected chi connectivity index (χ1v) is 8.35. The molecule has 0 aliphatic carbocycles. The van der Waals surface area contributed by atoms with E-state index in [-0.39, 0.29) is 29.3 Å². The fraction of sp³-hybridized carbons (Fsp3) is 0.875. The van der Waals surface area contributed by atoms with E-state index in [1.54, 1.807) is 0 Å². The third-order valence-electron chi connectivity index (χ3n) is 5.74. The number of piperidine rings is 1. The molecular weight excluding hydrogens is 268 g/mol. The second kappa shape index (κ2) is 5.59. The van der Waals surface area contributed by atoms with Crippen molar-refractivity contribution in [3.05, 3.63) is 0 Å². The Bertz CT molecular complexity index is 426. The van der Waals surface area contributed by atoms with Gasteiger partial charge in [0.15, 0.2) is 0 Å². The second-order valence-corrected chi connectivity index (χ2v) is 7.00. The Morgan fingerprint density at radius 3 is 2.76 bits per heavy atom. The van der Waals surface area contributed by atoms with Crippen LogP contribution in [0.4, 0.5) is 0 Å². The number of carbonyl (C=O) groups is 2. The number of nitrogens with zero attached hydrogens (tertiary/aromatic N) is 1. The lowest BCUT2D eigenvalue weighted by Gasteiger charge is -2.40. The maximum Gasteiger partial charge on any atom is 0.308 e. The molecule has 4 unspecified atom stereocenters. The van der Waals surface area contributed by atoms with Crippen molar-refractivity contribution in [2.75, 3.05) is 13.1 Å². The normalized spacial score (nSPS) is 38.7. The van der Waals surface area contributed by atoms with Crippen LogP contribution in [0.15, 0.2) is 0 Å². The first-order chi connectivity index (χ1) is 10.1. The molecule has 0 aromatic heterocycles. The van der Waals surface area contributed by atoms with Gasteiger partial charge in [0, 0.05) is 18.6 Å². The topological polar surface area (TPSA) is 69.6 Å². The molecule has 4 atom stereocenters. The summed E-state index contributed by atoms with van der Waals surface area (Å²) in [4.78, 5) is 26.6. The van der Waals surface area contributed by atoms with Gasteiger partial charge in [0.2, 0.25) is 5.91 Å². The molecule has 0 saturated carbocycles.